The van der Waals surface area contributed by atoms with Gasteiger partial charge >= 0.3 is 5.97 Å². The molecular weight excluding hydrogens is 232 g/mol. The number of nitrogens with zero attached hydrogens (tertiary/aromatic N) is 2. The lowest BCUT2D eigenvalue weighted by molar-refractivity contribution is -0.137. The molecule has 0 radical (unpaired) electrons. The molecule has 0 aromatic heterocycles. The highest BCUT2D eigenvalue weighted by Gasteiger charge is 2.01. The minimum absolute atomic E-state index is 0.240. The Hall–Kier alpha value is -1.85. The van der Waals surface area contributed by atoms with E-state index in [9.17, 15) is 4.79 Å². The Balaban J connectivity index is 3.51. The molecule has 0 aromatic rings. The largest absolute Gasteiger partial charge is 0.462 e. The Morgan fingerprint density at radius 2 is 1.61 bits per heavy atom. The van der Waals surface area contributed by atoms with E-state index < -0.39 is 5.97 Å². The molecule has 5 heteroatoms. The van der Waals surface area contributed by atoms with Crippen LogP contribution in [0.2, 0.25) is 0 Å². The molecule has 0 rings (SSSR count). The van der Waals surface area contributed by atoms with Crippen LogP contribution in [0.15, 0.2) is 11.6 Å². The molecule has 0 bridgehead atoms. The zero-order valence-corrected chi connectivity index (χ0v) is 10.4. The van der Waals surface area contributed by atoms with Gasteiger partial charge in [0.25, 0.3) is 0 Å². The van der Waals surface area contributed by atoms with Crippen LogP contribution in [0.3, 0.4) is 0 Å². The third kappa shape index (κ3) is 9.38. The Bertz CT molecular complexity index is 334. The second kappa shape index (κ2) is 11.6. The molecule has 18 heavy (non-hydrogen) atoms. The molecule has 0 saturated heterocycles. The fourth-order valence-electron chi connectivity index (χ4n) is 1.34. The highest BCUT2D eigenvalue weighted by molar-refractivity contribution is 5.84. The number of rotatable bonds is 9. The van der Waals surface area contributed by atoms with Crippen molar-refractivity contribution in [1.82, 2.24) is 0 Å². The van der Waals surface area contributed by atoms with Crippen LogP contribution in [-0.2, 0) is 9.53 Å². The van der Waals surface area contributed by atoms with Gasteiger partial charge in [0.1, 0.15) is 17.7 Å². The monoisotopic (exact) mass is 250 g/mol. The predicted molar refractivity (Wildman–Crippen MR) is 65.1 cm³/mol. The number of hydrogen-bond acceptors (Lipinski definition) is 5. The van der Waals surface area contributed by atoms with Gasteiger partial charge in [0.15, 0.2) is 0 Å². The zero-order valence-electron chi connectivity index (χ0n) is 10.4. The first kappa shape index (κ1) is 16.1. The van der Waals surface area contributed by atoms with E-state index >= 15 is 0 Å². The number of unbranched alkanes of at least 4 members (excludes halogenated alkanes) is 5. The van der Waals surface area contributed by atoms with Gasteiger partial charge in [-0.1, -0.05) is 25.7 Å². The van der Waals surface area contributed by atoms with E-state index in [2.05, 4.69) is 0 Å². The van der Waals surface area contributed by atoms with Gasteiger partial charge in [0.05, 0.1) is 12.7 Å². The number of carbonyl (C=O) groups excluding carboxylic acids is 1. The molecule has 0 fully saturated rings. The summed E-state index contributed by atoms with van der Waals surface area (Å²) in [4.78, 5) is 11.1. The first-order valence-corrected chi connectivity index (χ1v) is 6.04. The van der Waals surface area contributed by atoms with Gasteiger partial charge in [-0.15, -0.1) is 0 Å². The molecule has 1 N–H and O–H groups in total. The maximum Gasteiger partial charge on any atom is 0.332 e. The van der Waals surface area contributed by atoms with Crippen molar-refractivity contribution >= 4 is 5.97 Å². The van der Waals surface area contributed by atoms with Crippen molar-refractivity contribution in [2.24, 2.45) is 0 Å². The molecule has 0 unspecified atom stereocenters. The highest BCUT2D eigenvalue weighted by atomic mass is 16.5. The van der Waals surface area contributed by atoms with Gasteiger partial charge in [0.2, 0.25) is 0 Å². The fourth-order valence-corrected chi connectivity index (χ4v) is 1.34. The number of aliphatic hydroxyl groups is 1. The summed E-state index contributed by atoms with van der Waals surface area (Å²) >= 11 is 0. The number of allylic oxidation sites excluding steroid dienone is 1. The number of aliphatic hydroxyl groups excluding tert-OH is 1. The van der Waals surface area contributed by atoms with Crippen LogP contribution in [0, 0.1) is 22.7 Å². The molecule has 0 heterocycles. The molecule has 0 atom stereocenters. The van der Waals surface area contributed by atoms with Crippen LogP contribution in [0.1, 0.15) is 38.5 Å². The van der Waals surface area contributed by atoms with Gasteiger partial charge in [-0.3, -0.25) is 0 Å². The van der Waals surface area contributed by atoms with E-state index in [4.69, 9.17) is 20.4 Å². The van der Waals surface area contributed by atoms with Crippen LogP contribution in [0.5, 0.6) is 0 Å². The number of esters is 1. The third-order valence-electron chi connectivity index (χ3n) is 2.30. The van der Waals surface area contributed by atoms with Crippen molar-refractivity contribution in [2.75, 3.05) is 13.2 Å². The van der Waals surface area contributed by atoms with Crippen molar-refractivity contribution < 1.29 is 14.6 Å². The zero-order chi connectivity index (χ0) is 13.6. The average molecular weight is 250 g/mol. The summed E-state index contributed by atoms with van der Waals surface area (Å²) in [6, 6.07) is 3.18. The summed E-state index contributed by atoms with van der Waals surface area (Å²) in [5.41, 5.74) is -0.246. The summed E-state index contributed by atoms with van der Waals surface area (Å²) in [7, 11) is 0. The van der Waals surface area contributed by atoms with Crippen LogP contribution >= 0.6 is 0 Å². The number of carbonyl (C=O) groups is 1. The standard InChI is InChI=1S/C13H18N2O3/c14-10-12(11-15)9-13(17)18-8-6-4-2-1-3-5-7-16/h9,16H,1-8H2. The van der Waals surface area contributed by atoms with Crippen LogP contribution < -0.4 is 0 Å². The quantitative estimate of drug-likeness (QED) is 0.291. The maximum absolute atomic E-state index is 11.1. The third-order valence-corrected chi connectivity index (χ3v) is 2.30. The van der Waals surface area contributed by atoms with Crippen LogP contribution in [0.4, 0.5) is 0 Å². The Labute approximate surface area is 107 Å². The maximum atomic E-state index is 11.1. The lowest BCUT2D eigenvalue weighted by Crippen LogP contribution is -2.03. The van der Waals surface area contributed by atoms with Gasteiger partial charge in [-0.25, -0.2) is 4.79 Å². The van der Waals surface area contributed by atoms with Gasteiger partial charge in [0, 0.05) is 6.61 Å². The lowest BCUT2D eigenvalue weighted by Gasteiger charge is -2.02. The van der Waals surface area contributed by atoms with Gasteiger partial charge in [-0.05, 0) is 12.8 Å². The average Bonchev–Trinajstić information content (AvgIpc) is 2.39. The molecule has 0 aliphatic rings. The minimum atomic E-state index is -0.645. The molecular formula is C13H18N2O3. The van der Waals surface area contributed by atoms with Gasteiger partial charge in [-0.2, -0.15) is 10.5 Å². The lowest BCUT2D eigenvalue weighted by atomic mass is 10.1. The van der Waals surface area contributed by atoms with E-state index in [0.717, 1.165) is 44.6 Å². The Morgan fingerprint density at radius 1 is 1.06 bits per heavy atom. The molecule has 5 nitrogen and oxygen atoms in total. The number of hydrogen-bond donors (Lipinski definition) is 1. The van der Waals surface area contributed by atoms with E-state index in [1.165, 1.54) is 0 Å². The van der Waals surface area contributed by atoms with E-state index in [1.54, 1.807) is 12.1 Å². The summed E-state index contributed by atoms with van der Waals surface area (Å²) < 4.78 is 4.85. The highest BCUT2D eigenvalue weighted by Crippen LogP contribution is 2.05. The van der Waals surface area contributed by atoms with Gasteiger partial charge < -0.3 is 9.84 Å². The predicted octanol–water partition coefficient (Wildman–Crippen LogP) is 1.84. The molecule has 0 aliphatic carbocycles. The van der Waals surface area contributed by atoms with Crippen LogP contribution in [-0.4, -0.2) is 24.3 Å². The van der Waals surface area contributed by atoms with Crippen molar-refractivity contribution in [3.05, 3.63) is 11.6 Å². The van der Waals surface area contributed by atoms with Crippen molar-refractivity contribution in [3.63, 3.8) is 0 Å². The second-order valence-electron chi connectivity index (χ2n) is 3.79. The van der Waals surface area contributed by atoms with E-state index in [1.807, 2.05) is 0 Å². The van der Waals surface area contributed by atoms with E-state index in [0.29, 0.717) is 6.61 Å². The molecule has 0 aromatic carbocycles. The first-order valence-electron chi connectivity index (χ1n) is 6.04. The van der Waals surface area contributed by atoms with Crippen molar-refractivity contribution in [1.29, 1.82) is 10.5 Å². The molecule has 0 aliphatic heterocycles. The Morgan fingerprint density at radius 3 is 2.17 bits per heavy atom. The normalized spacial score (nSPS) is 9.06. The number of ether oxygens (including phenoxy) is 1. The summed E-state index contributed by atoms with van der Waals surface area (Å²) in [6.45, 7) is 0.545. The molecule has 0 spiro atoms. The van der Waals surface area contributed by atoms with Crippen LogP contribution in [0.25, 0.3) is 0 Å². The smallest absolute Gasteiger partial charge is 0.332 e. The SMILES string of the molecule is N#CC(C#N)=CC(=O)OCCCCCCCCO. The fraction of sp³-hybridized carbons (Fsp3) is 0.615. The molecule has 98 valence electrons. The molecule has 0 amide bonds. The Kier molecular flexibility index (Phi) is 10.4. The topological polar surface area (TPSA) is 94.1 Å². The van der Waals surface area contributed by atoms with Crippen molar-refractivity contribution in [3.8, 4) is 12.1 Å². The van der Waals surface area contributed by atoms with E-state index in [-0.39, 0.29) is 12.2 Å². The minimum Gasteiger partial charge on any atom is -0.462 e. The van der Waals surface area contributed by atoms with Crippen molar-refractivity contribution in [2.45, 2.75) is 38.5 Å². The summed E-state index contributed by atoms with van der Waals surface area (Å²) in [5, 5.41) is 25.4. The second-order valence-corrected chi connectivity index (χ2v) is 3.79. The summed E-state index contributed by atoms with van der Waals surface area (Å²) in [5.74, 6) is -0.645. The summed E-state index contributed by atoms with van der Waals surface area (Å²) in [6.07, 6.45) is 6.62. The number of nitriles is 2. The molecule has 0 saturated carbocycles. The first-order chi connectivity index (χ1) is 8.74.